The minimum atomic E-state index is -0.777. The molecule has 1 unspecified atom stereocenters. The molecule has 1 atom stereocenters. The zero-order valence-electron chi connectivity index (χ0n) is 19.8. The quantitative estimate of drug-likeness (QED) is 0.410. The molecular formula is C25H22Br2N2O6S. The number of fused-ring (bicyclic) bond motifs is 1. The Kier molecular flexibility index (Phi) is 7.72. The Balaban J connectivity index is 1.98. The number of carbonyl (C=O) groups excluding carboxylic acids is 1. The summed E-state index contributed by atoms with van der Waals surface area (Å²) in [4.78, 5) is 31.8. The lowest BCUT2D eigenvalue weighted by Crippen LogP contribution is -2.40. The molecule has 0 amide bonds. The van der Waals surface area contributed by atoms with Gasteiger partial charge in [-0.2, -0.15) is 0 Å². The molecule has 2 aromatic carbocycles. The maximum atomic E-state index is 13.7. The molecule has 188 valence electrons. The van der Waals surface area contributed by atoms with Crippen LogP contribution in [0.4, 0.5) is 0 Å². The van der Waals surface area contributed by atoms with Crippen molar-refractivity contribution in [3.05, 3.63) is 81.4 Å². The Morgan fingerprint density at radius 2 is 1.83 bits per heavy atom. The van der Waals surface area contributed by atoms with Crippen LogP contribution in [0.15, 0.2) is 60.3 Å². The first kappa shape index (κ1) is 26.2. The van der Waals surface area contributed by atoms with E-state index in [1.54, 1.807) is 50.3 Å². The van der Waals surface area contributed by atoms with E-state index in [0.29, 0.717) is 46.6 Å². The third-order valence-electron chi connectivity index (χ3n) is 5.58. The zero-order valence-corrected chi connectivity index (χ0v) is 23.8. The number of methoxy groups -OCH3 is 2. The predicted octanol–water partition coefficient (Wildman–Crippen LogP) is 4.05. The van der Waals surface area contributed by atoms with E-state index in [0.717, 1.165) is 0 Å². The molecule has 1 aromatic heterocycles. The van der Waals surface area contributed by atoms with Gasteiger partial charge in [-0.1, -0.05) is 17.4 Å². The number of benzene rings is 2. The summed E-state index contributed by atoms with van der Waals surface area (Å²) in [7, 11) is 3.06. The summed E-state index contributed by atoms with van der Waals surface area (Å²) >= 11 is 7.85. The first-order valence-electron chi connectivity index (χ1n) is 10.8. The molecule has 36 heavy (non-hydrogen) atoms. The maximum Gasteiger partial charge on any atom is 0.338 e. The van der Waals surface area contributed by atoms with Gasteiger partial charge in [0.05, 0.1) is 51.6 Å². The van der Waals surface area contributed by atoms with Gasteiger partial charge in [-0.15, -0.1) is 0 Å². The highest BCUT2D eigenvalue weighted by Gasteiger charge is 2.34. The summed E-state index contributed by atoms with van der Waals surface area (Å²) in [5.41, 5.74) is 1.77. The molecule has 0 bridgehead atoms. The molecule has 1 aliphatic rings. The van der Waals surface area contributed by atoms with Crippen molar-refractivity contribution in [1.82, 2.24) is 4.57 Å². The maximum absolute atomic E-state index is 13.7. The minimum absolute atomic E-state index is 0.0665. The fourth-order valence-electron chi connectivity index (χ4n) is 3.95. The van der Waals surface area contributed by atoms with Crippen LogP contribution in [0.1, 0.15) is 31.0 Å². The monoisotopic (exact) mass is 636 g/mol. The number of phenolic OH excluding ortho intramolecular Hbond substituents is 1. The smallest absolute Gasteiger partial charge is 0.338 e. The number of thiazole rings is 1. The highest BCUT2D eigenvalue weighted by molar-refractivity contribution is 9.11. The summed E-state index contributed by atoms with van der Waals surface area (Å²) < 4.78 is 19.1. The van der Waals surface area contributed by atoms with Crippen molar-refractivity contribution in [2.75, 3.05) is 20.8 Å². The van der Waals surface area contributed by atoms with Crippen molar-refractivity contribution in [3.8, 4) is 17.2 Å². The number of aromatic hydroxyl groups is 1. The number of rotatable bonds is 6. The van der Waals surface area contributed by atoms with E-state index in [1.165, 1.54) is 30.1 Å². The van der Waals surface area contributed by atoms with Crippen LogP contribution in [0.2, 0.25) is 0 Å². The number of allylic oxidation sites excluding steroid dienone is 1. The highest BCUT2D eigenvalue weighted by Crippen LogP contribution is 2.36. The van der Waals surface area contributed by atoms with Crippen LogP contribution < -0.4 is 24.4 Å². The summed E-state index contributed by atoms with van der Waals surface area (Å²) in [6, 6.07) is 7.90. The molecule has 0 spiro atoms. The molecule has 1 N–H and O–H groups in total. The van der Waals surface area contributed by atoms with Crippen molar-refractivity contribution in [2.24, 2.45) is 4.99 Å². The van der Waals surface area contributed by atoms with Gasteiger partial charge in [-0.05, 0) is 87.2 Å². The van der Waals surface area contributed by atoms with E-state index >= 15 is 0 Å². The molecule has 0 aliphatic carbocycles. The molecule has 1 aliphatic heterocycles. The summed E-state index contributed by atoms with van der Waals surface area (Å²) in [6.07, 6.45) is 1.72. The van der Waals surface area contributed by atoms with E-state index in [2.05, 4.69) is 36.9 Å². The first-order valence-corrected chi connectivity index (χ1v) is 13.2. The molecule has 2 heterocycles. The number of hydrogen-bond acceptors (Lipinski definition) is 8. The van der Waals surface area contributed by atoms with Crippen LogP contribution in [0.5, 0.6) is 17.2 Å². The summed E-state index contributed by atoms with van der Waals surface area (Å²) in [5.74, 6) is 0.514. The van der Waals surface area contributed by atoms with E-state index < -0.39 is 12.0 Å². The number of carbonyl (C=O) groups is 1. The Morgan fingerprint density at radius 3 is 2.44 bits per heavy atom. The average Bonchev–Trinajstić information content (AvgIpc) is 3.15. The van der Waals surface area contributed by atoms with Crippen LogP contribution >= 0.6 is 43.2 Å². The van der Waals surface area contributed by atoms with Gasteiger partial charge in [0, 0.05) is 0 Å². The van der Waals surface area contributed by atoms with Gasteiger partial charge >= 0.3 is 5.97 Å². The van der Waals surface area contributed by atoms with Crippen LogP contribution in [0.3, 0.4) is 0 Å². The average molecular weight is 638 g/mol. The molecule has 11 heteroatoms. The van der Waals surface area contributed by atoms with Gasteiger partial charge in [-0.3, -0.25) is 9.36 Å². The number of aromatic nitrogens is 1. The molecule has 8 nitrogen and oxygen atoms in total. The van der Waals surface area contributed by atoms with Crippen molar-refractivity contribution >= 4 is 55.2 Å². The lowest BCUT2D eigenvalue weighted by molar-refractivity contribution is -0.139. The number of nitrogens with zero attached hydrogens (tertiary/aromatic N) is 2. The second-order valence-electron chi connectivity index (χ2n) is 7.75. The lowest BCUT2D eigenvalue weighted by Gasteiger charge is -2.25. The summed E-state index contributed by atoms with van der Waals surface area (Å²) in [5, 5.41) is 10.0. The van der Waals surface area contributed by atoms with E-state index in [1.807, 2.05) is 0 Å². The third kappa shape index (κ3) is 4.74. The fourth-order valence-corrected chi connectivity index (χ4v) is 6.22. The van der Waals surface area contributed by atoms with Gasteiger partial charge < -0.3 is 19.3 Å². The normalized spacial score (nSPS) is 15.4. The van der Waals surface area contributed by atoms with Crippen molar-refractivity contribution in [1.29, 1.82) is 0 Å². The number of phenols is 1. The third-order valence-corrected chi connectivity index (χ3v) is 7.77. The number of esters is 1. The molecule has 3 aromatic rings. The molecular weight excluding hydrogens is 616 g/mol. The Labute approximate surface area is 227 Å². The van der Waals surface area contributed by atoms with Crippen LogP contribution in [-0.4, -0.2) is 36.5 Å². The fraction of sp³-hybridized carbons (Fsp3) is 0.240. The van der Waals surface area contributed by atoms with Gasteiger partial charge in [0.1, 0.15) is 5.75 Å². The Bertz CT molecular complexity index is 1550. The molecule has 0 fully saturated rings. The van der Waals surface area contributed by atoms with Gasteiger partial charge in [-0.25, -0.2) is 9.79 Å². The zero-order chi connectivity index (χ0) is 26.1. The Morgan fingerprint density at radius 1 is 1.17 bits per heavy atom. The van der Waals surface area contributed by atoms with Crippen molar-refractivity contribution < 1.29 is 24.1 Å². The van der Waals surface area contributed by atoms with Crippen molar-refractivity contribution in [3.63, 3.8) is 0 Å². The van der Waals surface area contributed by atoms with Gasteiger partial charge in [0.15, 0.2) is 16.3 Å². The number of hydrogen-bond donors (Lipinski definition) is 1. The van der Waals surface area contributed by atoms with E-state index in [9.17, 15) is 14.7 Å². The number of ether oxygens (including phenoxy) is 3. The second-order valence-corrected chi connectivity index (χ2v) is 10.5. The van der Waals surface area contributed by atoms with Gasteiger partial charge in [0.2, 0.25) is 0 Å². The van der Waals surface area contributed by atoms with Gasteiger partial charge in [0.25, 0.3) is 5.56 Å². The van der Waals surface area contributed by atoms with E-state index in [4.69, 9.17) is 14.2 Å². The van der Waals surface area contributed by atoms with Crippen molar-refractivity contribution in [2.45, 2.75) is 19.9 Å². The first-order chi connectivity index (χ1) is 17.2. The topological polar surface area (TPSA) is 99.4 Å². The second kappa shape index (κ2) is 10.6. The molecule has 4 rings (SSSR count). The van der Waals surface area contributed by atoms with E-state index in [-0.39, 0.29) is 23.5 Å². The van der Waals surface area contributed by atoms with Crippen LogP contribution in [-0.2, 0) is 9.53 Å². The molecule has 0 saturated carbocycles. The van der Waals surface area contributed by atoms with Crippen LogP contribution in [0, 0.1) is 0 Å². The molecule has 0 saturated heterocycles. The SMILES string of the molecule is CCOC(=O)C1=C(C)N=c2sc(=Cc3cc(Br)c(O)c(Br)c3)c(=O)n2C1c1ccc(OC)c(OC)c1. The Hall–Kier alpha value is -2.89. The lowest BCUT2D eigenvalue weighted by atomic mass is 9.95. The summed E-state index contributed by atoms with van der Waals surface area (Å²) in [6.45, 7) is 3.64. The largest absolute Gasteiger partial charge is 0.506 e. The number of halogens is 2. The standard InChI is InChI=1S/C25H22Br2N2O6S/c1-5-35-24(32)20-12(2)28-25-29(21(20)14-6-7-17(33-3)18(11-14)34-4)23(31)19(36-25)10-13-8-15(26)22(30)16(27)9-13/h6-11,21,30H,5H2,1-4H3. The van der Waals surface area contributed by atoms with Crippen LogP contribution in [0.25, 0.3) is 6.08 Å². The highest BCUT2D eigenvalue weighted by atomic mass is 79.9. The minimum Gasteiger partial charge on any atom is -0.506 e. The predicted molar refractivity (Wildman–Crippen MR) is 143 cm³/mol. The molecule has 0 radical (unpaired) electrons.